The second kappa shape index (κ2) is 5.06. The summed E-state index contributed by atoms with van der Waals surface area (Å²) < 4.78 is 2.53. The lowest BCUT2D eigenvalue weighted by molar-refractivity contribution is 0.103. The van der Waals surface area contributed by atoms with Crippen LogP contribution in [0.1, 0.15) is 26.4 Å². The third-order valence-corrected chi connectivity index (χ3v) is 3.81. The molecule has 1 aromatic carbocycles. The first kappa shape index (κ1) is 12.8. The van der Waals surface area contributed by atoms with Crippen molar-refractivity contribution in [1.82, 2.24) is 4.40 Å². The number of ketones is 1. The number of carbonyl (C=O) groups is 2. The van der Waals surface area contributed by atoms with Gasteiger partial charge in [-0.3, -0.25) is 9.59 Å². The van der Waals surface area contributed by atoms with E-state index < -0.39 is 0 Å². The van der Waals surface area contributed by atoms with Gasteiger partial charge in [0, 0.05) is 21.8 Å². The Hall–Kier alpha value is -2.20. The summed E-state index contributed by atoms with van der Waals surface area (Å²) >= 11 is 3.42. The number of fused-ring (bicyclic) bond motifs is 1. The van der Waals surface area contributed by atoms with Gasteiger partial charge in [0.05, 0.1) is 11.2 Å². The monoisotopic (exact) mass is 327 g/mol. The predicted molar refractivity (Wildman–Crippen MR) is 80.4 cm³/mol. The van der Waals surface area contributed by atoms with E-state index in [4.69, 9.17) is 0 Å². The number of rotatable bonds is 3. The number of aromatic nitrogens is 1. The first-order chi connectivity index (χ1) is 9.72. The van der Waals surface area contributed by atoms with Crippen LogP contribution in [0.3, 0.4) is 0 Å². The van der Waals surface area contributed by atoms with Crippen LogP contribution in [-0.2, 0) is 0 Å². The maximum Gasteiger partial charge on any atom is 0.209 e. The maximum absolute atomic E-state index is 12.5. The number of aldehydes is 1. The molecule has 3 aromatic rings. The van der Waals surface area contributed by atoms with Crippen molar-refractivity contribution >= 4 is 33.5 Å². The summed E-state index contributed by atoms with van der Waals surface area (Å²) in [4.78, 5) is 23.7. The summed E-state index contributed by atoms with van der Waals surface area (Å²) in [6.45, 7) is 0. The molecule has 0 bridgehead atoms. The number of nitrogens with zero attached hydrogens (tertiary/aromatic N) is 1. The van der Waals surface area contributed by atoms with Crippen LogP contribution in [-0.4, -0.2) is 16.5 Å². The molecule has 0 spiro atoms. The summed E-state index contributed by atoms with van der Waals surface area (Å²) in [5, 5.41) is 0. The average molecular weight is 328 g/mol. The van der Waals surface area contributed by atoms with E-state index in [9.17, 15) is 9.59 Å². The zero-order valence-electron chi connectivity index (χ0n) is 10.4. The van der Waals surface area contributed by atoms with Crippen molar-refractivity contribution in [1.29, 1.82) is 0 Å². The summed E-state index contributed by atoms with van der Waals surface area (Å²) in [5.41, 5.74) is 2.29. The molecule has 98 valence electrons. The van der Waals surface area contributed by atoms with E-state index in [1.54, 1.807) is 28.8 Å². The minimum absolute atomic E-state index is 0.105. The topological polar surface area (TPSA) is 38.5 Å². The molecule has 0 saturated heterocycles. The van der Waals surface area contributed by atoms with E-state index in [-0.39, 0.29) is 5.78 Å². The number of halogens is 1. The van der Waals surface area contributed by atoms with E-state index in [0.717, 1.165) is 10.8 Å². The standard InChI is InChI=1S/C16H10BrNO2/c17-13-7-4-8-18-14(9-12(10-19)15(13)18)16(20)11-5-2-1-3-6-11/h1-10H. The smallest absolute Gasteiger partial charge is 0.209 e. The molecular weight excluding hydrogens is 318 g/mol. The van der Waals surface area contributed by atoms with Crippen molar-refractivity contribution in [2.24, 2.45) is 0 Å². The lowest BCUT2D eigenvalue weighted by Gasteiger charge is -2.03. The highest BCUT2D eigenvalue weighted by Crippen LogP contribution is 2.25. The van der Waals surface area contributed by atoms with Crippen LogP contribution in [0.15, 0.2) is 59.2 Å². The van der Waals surface area contributed by atoms with Crippen molar-refractivity contribution in [3.63, 3.8) is 0 Å². The van der Waals surface area contributed by atoms with Crippen LogP contribution in [0.25, 0.3) is 5.52 Å². The van der Waals surface area contributed by atoms with Crippen molar-refractivity contribution < 1.29 is 9.59 Å². The van der Waals surface area contributed by atoms with Crippen LogP contribution in [0.5, 0.6) is 0 Å². The fourth-order valence-electron chi connectivity index (χ4n) is 2.25. The number of hydrogen-bond donors (Lipinski definition) is 0. The zero-order valence-corrected chi connectivity index (χ0v) is 12.0. The fraction of sp³-hybridized carbons (Fsp3) is 0. The molecule has 20 heavy (non-hydrogen) atoms. The Morgan fingerprint density at radius 1 is 1.10 bits per heavy atom. The zero-order chi connectivity index (χ0) is 14.1. The van der Waals surface area contributed by atoms with Gasteiger partial charge in [-0.15, -0.1) is 0 Å². The molecule has 3 rings (SSSR count). The molecule has 0 amide bonds. The molecule has 0 fully saturated rings. The van der Waals surface area contributed by atoms with Crippen molar-refractivity contribution in [3.05, 3.63) is 76.0 Å². The van der Waals surface area contributed by atoms with Gasteiger partial charge in [0.15, 0.2) is 6.29 Å². The molecule has 0 saturated carbocycles. The Morgan fingerprint density at radius 3 is 2.55 bits per heavy atom. The first-order valence-electron chi connectivity index (χ1n) is 6.07. The predicted octanol–water partition coefficient (Wildman–Crippen LogP) is 3.75. The maximum atomic E-state index is 12.5. The van der Waals surface area contributed by atoms with Crippen molar-refractivity contribution in [2.75, 3.05) is 0 Å². The molecule has 0 atom stereocenters. The molecule has 0 aliphatic carbocycles. The number of carbonyl (C=O) groups excluding carboxylic acids is 2. The Labute approximate surface area is 124 Å². The van der Waals surface area contributed by atoms with E-state index in [1.807, 2.05) is 30.3 Å². The van der Waals surface area contributed by atoms with E-state index in [0.29, 0.717) is 22.3 Å². The van der Waals surface area contributed by atoms with Crippen LogP contribution in [0.4, 0.5) is 0 Å². The van der Waals surface area contributed by atoms with Crippen LogP contribution in [0.2, 0.25) is 0 Å². The lowest BCUT2D eigenvalue weighted by Crippen LogP contribution is -2.04. The molecule has 3 nitrogen and oxygen atoms in total. The summed E-state index contributed by atoms with van der Waals surface area (Å²) in [7, 11) is 0. The first-order valence-corrected chi connectivity index (χ1v) is 6.86. The molecule has 0 N–H and O–H groups in total. The second-order valence-electron chi connectivity index (χ2n) is 4.37. The highest BCUT2D eigenvalue weighted by molar-refractivity contribution is 9.10. The number of pyridine rings is 1. The minimum atomic E-state index is -0.105. The summed E-state index contributed by atoms with van der Waals surface area (Å²) in [6, 6.07) is 14.3. The number of benzene rings is 1. The minimum Gasteiger partial charge on any atom is -0.312 e. The average Bonchev–Trinajstić information content (AvgIpc) is 2.87. The molecule has 0 radical (unpaired) electrons. The van der Waals surface area contributed by atoms with Gasteiger partial charge in [0.2, 0.25) is 5.78 Å². The van der Waals surface area contributed by atoms with E-state index in [2.05, 4.69) is 15.9 Å². The Balaban J connectivity index is 2.25. The highest BCUT2D eigenvalue weighted by Gasteiger charge is 2.17. The SMILES string of the molecule is O=Cc1cc(C(=O)c2ccccc2)n2cccc(Br)c12. The van der Waals surface area contributed by atoms with Crippen molar-refractivity contribution in [2.45, 2.75) is 0 Å². The quantitative estimate of drug-likeness (QED) is 0.543. The van der Waals surface area contributed by atoms with Crippen LogP contribution < -0.4 is 0 Å². The third kappa shape index (κ3) is 1.98. The normalized spacial score (nSPS) is 10.7. The number of hydrogen-bond acceptors (Lipinski definition) is 2. The Bertz CT molecular complexity index is 806. The molecule has 0 aliphatic heterocycles. The van der Waals surface area contributed by atoms with E-state index in [1.165, 1.54) is 0 Å². The van der Waals surface area contributed by atoms with Crippen LogP contribution >= 0.6 is 15.9 Å². The second-order valence-corrected chi connectivity index (χ2v) is 5.23. The molecule has 2 heterocycles. The van der Waals surface area contributed by atoms with Crippen molar-refractivity contribution in [3.8, 4) is 0 Å². The van der Waals surface area contributed by atoms with Gasteiger partial charge in [0.1, 0.15) is 0 Å². The summed E-state index contributed by atoms with van der Waals surface area (Å²) in [6.07, 6.45) is 2.55. The molecule has 4 heteroatoms. The van der Waals surface area contributed by atoms with E-state index >= 15 is 0 Å². The lowest BCUT2D eigenvalue weighted by atomic mass is 10.1. The molecule has 2 aromatic heterocycles. The van der Waals surface area contributed by atoms with Crippen LogP contribution in [0, 0.1) is 0 Å². The fourth-order valence-corrected chi connectivity index (χ4v) is 2.82. The van der Waals surface area contributed by atoms with Gasteiger partial charge in [-0.2, -0.15) is 0 Å². The molecular formula is C16H10BrNO2. The van der Waals surface area contributed by atoms with Gasteiger partial charge >= 0.3 is 0 Å². The largest absolute Gasteiger partial charge is 0.312 e. The van der Waals surface area contributed by atoms with Gasteiger partial charge in [0.25, 0.3) is 0 Å². The Kier molecular flexibility index (Phi) is 3.24. The van der Waals surface area contributed by atoms with Gasteiger partial charge in [-0.05, 0) is 34.1 Å². The molecule has 0 unspecified atom stereocenters. The summed E-state index contributed by atoms with van der Waals surface area (Å²) in [5.74, 6) is -0.105. The third-order valence-electron chi connectivity index (χ3n) is 3.17. The van der Waals surface area contributed by atoms with Gasteiger partial charge in [-0.1, -0.05) is 30.3 Å². The molecule has 0 aliphatic rings. The van der Waals surface area contributed by atoms with Gasteiger partial charge < -0.3 is 4.40 Å². The highest BCUT2D eigenvalue weighted by atomic mass is 79.9. The van der Waals surface area contributed by atoms with Gasteiger partial charge in [-0.25, -0.2) is 0 Å². The Morgan fingerprint density at radius 2 is 1.85 bits per heavy atom.